The fourth-order valence-corrected chi connectivity index (χ4v) is 2.51. The first-order valence-electron chi connectivity index (χ1n) is 8.27. The average molecular weight is 358 g/mol. The van der Waals surface area contributed by atoms with Crippen LogP contribution in [0.15, 0.2) is 28.7 Å². The van der Waals surface area contributed by atoms with Crippen LogP contribution in [0.4, 0.5) is 5.88 Å². The van der Waals surface area contributed by atoms with Crippen molar-refractivity contribution in [1.29, 1.82) is 0 Å². The van der Waals surface area contributed by atoms with Gasteiger partial charge in [0, 0.05) is 5.56 Å². The summed E-state index contributed by atoms with van der Waals surface area (Å²) < 4.78 is 10.3. The number of aryl methyl sites for hydroxylation is 1. The fraction of sp³-hybridized carbons (Fsp3) is 0.316. The third-order valence-corrected chi connectivity index (χ3v) is 3.88. The van der Waals surface area contributed by atoms with E-state index in [0.717, 1.165) is 5.56 Å². The Morgan fingerprint density at radius 1 is 1.15 bits per heavy atom. The quantitative estimate of drug-likeness (QED) is 0.770. The fourth-order valence-electron chi connectivity index (χ4n) is 2.51. The van der Waals surface area contributed by atoms with E-state index in [9.17, 15) is 14.4 Å². The highest BCUT2D eigenvalue weighted by Gasteiger charge is 2.29. The summed E-state index contributed by atoms with van der Waals surface area (Å²) in [6.07, 6.45) is 0. The molecule has 2 rings (SSSR count). The maximum absolute atomic E-state index is 12.4. The third kappa shape index (κ3) is 3.93. The lowest BCUT2D eigenvalue weighted by Crippen LogP contribution is -2.20. The standard InChI is InChI=1S/C19H22N2O5/c1-5-25-19(24)14-11(4)26-18(15(14)16(20)22)21-17(23)13-8-6-12(7-9-13)10(2)3/h6-10H,5H2,1-4H3,(H2,20,22)(H,21,23). The van der Waals surface area contributed by atoms with Crippen LogP contribution in [-0.4, -0.2) is 24.4 Å². The zero-order valence-corrected chi connectivity index (χ0v) is 15.2. The van der Waals surface area contributed by atoms with Crippen LogP contribution in [0, 0.1) is 6.92 Å². The van der Waals surface area contributed by atoms with Gasteiger partial charge in [-0.2, -0.15) is 0 Å². The second-order valence-electron chi connectivity index (χ2n) is 6.05. The Balaban J connectivity index is 2.34. The lowest BCUT2D eigenvalue weighted by Gasteiger charge is -2.07. The first-order chi connectivity index (χ1) is 12.3. The molecule has 0 saturated heterocycles. The molecule has 0 atom stereocenters. The lowest BCUT2D eigenvalue weighted by atomic mass is 10.0. The molecule has 3 N–H and O–H groups in total. The van der Waals surface area contributed by atoms with Gasteiger partial charge in [-0.15, -0.1) is 0 Å². The Hall–Kier alpha value is -3.09. The Labute approximate surface area is 151 Å². The summed E-state index contributed by atoms with van der Waals surface area (Å²) in [5, 5.41) is 2.50. The van der Waals surface area contributed by atoms with E-state index in [1.54, 1.807) is 19.1 Å². The van der Waals surface area contributed by atoms with Gasteiger partial charge in [-0.05, 0) is 37.5 Å². The average Bonchev–Trinajstić information content (AvgIpc) is 2.91. The van der Waals surface area contributed by atoms with Gasteiger partial charge in [-0.25, -0.2) is 4.79 Å². The Morgan fingerprint density at radius 3 is 2.27 bits per heavy atom. The maximum atomic E-state index is 12.4. The molecule has 0 radical (unpaired) electrons. The number of furan rings is 1. The van der Waals surface area contributed by atoms with Crippen LogP contribution in [0.1, 0.15) is 69.1 Å². The molecule has 138 valence electrons. The summed E-state index contributed by atoms with van der Waals surface area (Å²) >= 11 is 0. The second kappa shape index (κ2) is 7.86. The Morgan fingerprint density at radius 2 is 1.77 bits per heavy atom. The highest BCUT2D eigenvalue weighted by molar-refractivity contribution is 6.12. The molecule has 2 aromatic rings. The topological polar surface area (TPSA) is 112 Å². The normalized spacial score (nSPS) is 10.7. The Bertz CT molecular complexity index is 834. The molecule has 1 aromatic carbocycles. The number of ether oxygens (including phenoxy) is 1. The van der Waals surface area contributed by atoms with Crippen LogP contribution in [-0.2, 0) is 4.74 Å². The number of benzene rings is 1. The van der Waals surface area contributed by atoms with E-state index < -0.39 is 17.8 Å². The van der Waals surface area contributed by atoms with Gasteiger partial charge in [0.25, 0.3) is 11.8 Å². The molecule has 1 heterocycles. The number of carbonyl (C=O) groups excluding carboxylic acids is 3. The highest BCUT2D eigenvalue weighted by Crippen LogP contribution is 2.28. The summed E-state index contributed by atoms with van der Waals surface area (Å²) in [6.45, 7) is 7.37. The molecular formula is C19H22N2O5. The SMILES string of the molecule is CCOC(=O)c1c(C)oc(NC(=O)c2ccc(C(C)C)cc2)c1C(N)=O. The van der Waals surface area contributed by atoms with Crippen molar-refractivity contribution in [3.63, 3.8) is 0 Å². The van der Waals surface area contributed by atoms with Crippen LogP contribution >= 0.6 is 0 Å². The molecular weight excluding hydrogens is 336 g/mol. The molecule has 0 spiro atoms. The molecule has 2 amide bonds. The minimum Gasteiger partial charge on any atom is -0.462 e. The summed E-state index contributed by atoms with van der Waals surface area (Å²) in [4.78, 5) is 36.3. The second-order valence-corrected chi connectivity index (χ2v) is 6.05. The molecule has 7 heteroatoms. The largest absolute Gasteiger partial charge is 0.462 e. The van der Waals surface area contributed by atoms with Crippen molar-refractivity contribution in [2.75, 3.05) is 11.9 Å². The zero-order chi connectivity index (χ0) is 19.4. The number of hydrogen-bond acceptors (Lipinski definition) is 5. The summed E-state index contributed by atoms with van der Waals surface area (Å²) in [7, 11) is 0. The number of nitrogens with one attached hydrogen (secondary N) is 1. The van der Waals surface area contributed by atoms with E-state index in [2.05, 4.69) is 19.2 Å². The van der Waals surface area contributed by atoms with Crippen molar-refractivity contribution in [1.82, 2.24) is 0 Å². The summed E-state index contributed by atoms with van der Waals surface area (Å²) in [5.41, 5.74) is 6.57. The third-order valence-electron chi connectivity index (χ3n) is 3.88. The molecule has 0 unspecified atom stereocenters. The van der Waals surface area contributed by atoms with Crippen LogP contribution < -0.4 is 11.1 Å². The molecule has 7 nitrogen and oxygen atoms in total. The number of anilines is 1. The number of carbonyl (C=O) groups is 3. The molecule has 26 heavy (non-hydrogen) atoms. The van der Waals surface area contributed by atoms with Crippen LogP contribution in [0.25, 0.3) is 0 Å². The van der Waals surface area contributed by atoms with Crippen LogP contribution in [0.2, 0.25) is 0 Å². The summed E-state index contributed by atoms with van der Waals surface area (Å²) in [6, 6.07) is 7.06. The van der Waals surface area contributed by atoms with Crippen molar-refractivity contribution in [3.8, 4) is 0 Å². The van der Waals surface area contributed by atoms with E-state index in [-0.39, 0.29) is 29.4 Å². The molecule has 0 aliphatic carbocycles. The van der Waals surface area contributed by atoms with Crippen molar-refractivity contribution in [2.45, 2.75) is 33.6 Å². The van der Waals surface area contributed by atoms with Crippen molar-refractivity contribution >= 4 is 23.7 Å². The monoisotopic (exact) mass is 358 g/mol. The molecule has 0 fully saturated rings. The van der Waals surface area contributed by atoms with Gasteiger partial charge in [0.1, 0.15) is 16.9 Å². The van der Waals surface area contributed by atoms with E-state index in [1.807, 2.05) is 12.1 Å². The number of primary amides is 1. The number of nitrogens with two attached hydrogens (primary N) is 1. The molecule has 0 aliphatic rings. The predicted octanol–water partition coefficient (Wildman–Crippen LogP) is 3.24. The zero-order valence-electron chi connectivity index (χ0n) is 15.2. The van der Waals surface area contributed by atoms with E-state index >= 15 is 0 Å². The lowest BCUT2D eigenvalue weighted by molar-refractivity contribution is 0.0521. The van der Waals surface area contributed by atoms with Gasteiger partial charge in [0.05, 0.1) is 6.61 Å². The van der Waals surface area contributed by atoms with Gasteiger partial charge in [0.2, 0.25) is 5.88 Å². The first-order valence-corrected chi connectivity index (χ1v) is 8.27. The maximum Gasteiger partial charge on any atom is 0.342 e. The van der Waals surface area contributed by atoms with E-state index in [1.165, 1.54) is 6.92 Å². The van der Waals surface area contributed by atoms with Crippen molar-refractivity contribution in [3.05, 3.63) is 52.3 Å². The Kier molecular flexibility index (Phi) is 5.82. The molecule has 1 aromatic heterocycles. The number of rotatable bonds is 6. The minimum absolute atomic E-state index is 0.0789. The molecule has 0 bridgehead atoms. The number of hydrogen-bond donors (Lipinski definition) is 2. The molecule has 0 aliphatic heterocycles. The highest BCUT2D eigenvalue weighted by atomic mass is 16.5. The first kappa shape index (κ1) is 19.2. The van der Waals surface area contributed by atoms with Gasteiger partial charge >= 0.3 is 5.97 Å². The van der Waals surface area contributed by atoms with E-state index in [4.69, 9.17) is 14.9 Å². The van der Waals surface area contributed by atoms with Gasteiger partial charge in [-0.3, -0.25) is 14.9 Å². The summed E-state index contributed by atoms with van der Waals surface area (Å²) in [5.74, 6) is -1.79. The van der Waals surface area contributed by atoms with Gasteiger partial charge in [-0.1, -0.05) is 26.0 Å². The number of amides is 2. The predicted molar refractivity (Wildman–Crippen MR) is 96.4 cm³/mol. The molecule has 0 saturated carbocycles. The number of esters is 1. The van der Waals surface area contributed by atoms with Crippen LogP contribution in [0.5, 0.6) is 0 Å². The van der Waals surface area contributed by atoms with Crippen molar-refractivity contribution < 1.29 is 23.5 Å². The van der Waals surface area contributed by atoms with Crippen molar-refractivity contribution in [2.24, 2.45) is 5.73 Å². The minimum atomic E-state index is -0.893. The van der Waals surface area contributed by atoms with Gasteiger partial charge < -0.3 is 14.9 Å². The van der Waals surface area contributed by atoms with Gasteiger partial charge in [0.15, 0.2) is 0 Å². The van der Waals surface area contributed by atoms with E-state index in [0.29, 0.717) is 11.5 Å². The smallest absolute Gasteiger partial charge is 0.342 e. The van der Waals surface area contributed by atoms with Crippen LogP contribution in [0.3, 0.4) is 0 Å².